The quantitative estimate of drug-likeness (QED) is 0.367. The Hall–Kier alpha value is -3.26. The van der Waals surface area contributed by atoms with Crippen LogP contribution in [-0.4, -0.2) is 9.97 Å². The molecule has 0 saturated heterocycles. The second-order valence-electron chi connectivity index (χ2n) is 7.98. The summed E-state index contributed by atoms with van der Waals surface area (Å²) in [5, 5.41) is 0. The number of benzene rings is 2. The standard InChI is InChI=1S/C28H28N2/c1-21-17-25(15-13-23-9-5-3-6-10-23)19-27(29-21)28-20-26(18-22(2)30-28)16-14-24-11-7-4-8-12-24/h3-12,17-20H,13-16H2,1-2H3. The number of hydrogen-bond donors (Lipinski definition) is 0. The van der Waals surface area contributed by atoms with E-state index in [1.54, 1.807) is 0 Å². The minimum Gasteiger partial charge on any atom is -0.251 e. The van der Waals surface area contributed by atoms with Crippen molar-refractivity contribution >= 4 is 0 Å². The smallest absolute Gasteiger partial charge is 0.0892 e. The first-order chi connectivity index (χ1) is 14.7. The Morgan fingerprint density at radius 2 is 0.833 bits per heavy atom. The second-order valence-corrected chi connectivity index (χ2v) is 7.98. The summed E-state index contributed by atoms with van der Waals surface area (Å²) in [6, 6.07) is 30.1. The largest absolute Gasteiger partial charge is 0.251 e. The minimum atomic E-state index is 0.975. The third-order valence-electron chi connectivity index (χ3n) is 5.38. The molecule has 0 aliphatic carbocycles. The Kier molecular flexibility index (Phi) is 6.34. The van der Waals surface area contributed by atoms with Crippen LogP contribution in [0.1, 0.15) is 33.6 Å². The first-order valence-corrected chi connectivity index (χ1v) is 10.7. The molecule has 4 rings (SSSR count). The van der Waals surface area contributed by atoms with Crippen LogP contribution in [0.2, 0.25) is 0 Å². The lowest BCUT2D eigenvalue weighted by Gasteiger charge is -2.10. The van der Waals surface area contributed by atoms with Crippen LogP contribution in [0, 0.1) is 13.8 Å². The molecule has 2 nitrogen and oxygen atoms in total. The number of hydrogen-bond acceptors (Lipinski definition) is 2. The summed E-state index contributed by atoms with van der Waals surface area (Å²) in [6.07, 6.45) is 4.08. The average molecular weight is 393 g/mol. The normalized spacial score (nSPS) is 10.9. The molecule has 2 aromatic carbocycles. The van der Waals surface area contributed by atoms with E-state index >= 15 is 0 Å². The molecule has 2 heterocycles. The topological polar surface area (TPSA) is 25.8 Å². The predicted octanol–water partition coefficient (Wildman–Crippen LogP) is 6.33. The molecular weight excluding hydrogens is 364 g/mol. The Morgan fingerprint density at radius 3 is 1.23 bits per heavy atom. The van der Waals surface area contributed by atoms with Crippen molar-refractivity contribution in [3.05, 3.63) is 119 Å². The van der Waals surface area contributed by atoms with Gasteiger partial charge in [-0.15, -0.1) is 0 Å². The summed E-state index contributed by atoms with van der Waals surface area (Å²) < 4.78 is 0. The van der Waals surface area contributed by atoms with Gasteiger partial charge in [0.2, 0.25) is 0 Å². The summed E-state index contributed by atoms with van der Waals surface area (Å²) in [5.41, 5.74) is 9.40. The van der Waals surface area contributed by atoms with Crippen LogP contribution in [0.4, 0.5) is 0 Å². The molecule has 0 fully saturated rings. The third kappa shape index (κ3) is 5.42. The minimum absolute atomic E-state index is 0.975. The lowest BCUT2D eigenvalue weighted by molar-refractivity contribution is 0.943. The first kappa shape index (κ1) is 20.0. The zero-order chi connectivity index (χ0) is 20.8. The van der Waals surface area contributed by atoms with Crippen molar-refractivity contribution in [1.82, 2.24) is 9.97 Å². The van der Waals surface area contributed by atoms with E-state index in [-0.39, 0.29) is 0 Å². The molecule has 0 atom stereocenters. The summed E-state index contributed by atoms with van der Waals surface area (Å²) in [7, 11) is 0. The van der Waals surface area contributed by atoms with E-state index in [2.05, 4.69) is 98.8 Å². The van der Waals surface area contributed by atoms with E-state index in [1.807, 2.05) is 0 Å². The van der Waals surface area contributed by atoms with Crippen molar-refractivity contribution in [1.29, 1.82) is 0 Å². The lowest BCUT2D eigenvalue weighted by Crippen LogP contribution is -1.99. The van der Waals surface area contributed by atoms with Gasteiger partial charge >= 0.3 is 0 Å². The fourth-order valence-corrected chi connectivity index (χ4v) is 3.90. The van der Waals surface area contributed by atoms with Gasteiger partial charge in [0.25, 0.3) is 0 Å². The van der Waals surface area contributed by atoms with Crippen molar-refractivity contribution in [3.8, 4) is 11.4 Å². The molecule has 0 bridgehead atoms. The zero-order valence-corrected chi connectivity index (χ0v) is 17.8. The Balaban J connectivity index is 1.54. The van der Waals surface area contributed by atoms with Gasteiger partial charge in [-0.1, -0.05) is 60.7 Å². The molecular formula is C28H28N2. The summed E-state index contributed by atoms with van der Waals surface area (Å²) in [4.78, 5) is 9.59. The number of aryl methyl sites for hydroxylation is 6. The monoisotopic (exact) mass is 392 g/mol. The van der Waals surface area contributed by atoms with Crippen LogP contribution >= 0.6 is 0 Å². The molecule has 0 amide bonds. The van der Waals surface area contributed by atoms with Crippen LogP contribution in [-0.2, 0) is 25.7 Å². The van der Waals surface area contributed by atoms with Crippen molar-refractivity contribution < 1.29 is 0 Å². The van der Waals surface area contributed by atoms with Crippen LogP contribution in [0.5, 0.6) is 0 Å². The van der Waals surface area contributed by atoms with Gasteiger partial charge in [-0.25, -0.2) is 0 Å². The fraction of sp³-hybridized carbons (Fsp3) is 0.214. The maximum absolute atomic E-state index is 4.80. The predicted molar refractivity (Wildman–Crippen MR) is 125 cm³/mol. The molecule has 0 spiro atoms. The van der Waals surface area contributed by atoms with Crippen molar-refractivity contribution in [2.75, 3.05) is 0 Å². The molecule has 0 saturated carbocycles. The molecule has 4 aromatic rings. The second kappa shape index (κ2) is 9.49. The number of aromatic nitrogens is 2. The molecule has 0 N–H and O–H groups in total. The van der Waals surface area contributed by atoms with Gasteiger partial charge in [0.15, 0.2) is 0 Å². The van der Waals surface area contributed by atoms with Crippen LogP contribution in [0.15, 0.2) is 84.9 Å². The average Bonchev–Trinajstić information content (AvgIpc) is 2.77. The van der Waals surface area contributed by atoms with Gasteiger partial charge in [-0.3, -0.25) is 9.97 Å². The van der Waals surface area contributed by atoms with Gasteiger partial charge < -0.3 is 0 Å². The molecule has 2 aromatic heterocycles. The van der Waals surface area contributed by atoms with Crippen molar-refractivity contribution in [2.45, 2.75) is 39.5 Å². The highest BCUT2D eigenvalue weighted by atomic mass is 14.8. The molecule has 0 aliphatic rings. The van der Waals surface area contributed by atoms with E-state index in [4.69, 9.17) is 9.97 Å². The van der Waals surface area contributed by atoms with E-state index in [1.165, 1.54) is 22.3 Å². The first-order valence-electron chi connectivity index (χ1n) is 10.7. The molecule has 150 valence electrons. The number of pyridine rings is 2. The maximum Gasteiger partial charge on any atom is 0.0892 e. The number of rotatable bonds is 7. The Bertz CT molecular complexity index is 1010. The molecule has 0 aliphatic heterocycles. The SMILES string of the molecule is Cc1cc(CCc2ccccc2)cc(-c2cc(CCc3ccccc3)cc(C)n2)n1. The Labute approximate surface area is 179 Å². The van der Waals surface area contributed by atoms with Crippen LogP contribution in [0.3, 0.4) is 0 Å². The van der Waals surface area contributed by atoms with Gasteiger partial charge in [-0.2, -0.15) is 0 Å². The maximum atomic E-state index is 4.80. The van der Waals surface area contributed by atoms with E-state index < -0.39 is 0 Å². The summed E-state index contributed by atoms with van der Waals surface area (Å²) in [6.45, 7) is 4.14. The van der Waals surface area contributed by atoms with Crippen LogP contribution in [0.25, 0.3) is 11.4 Å². The third-order valence-corrected chi connectivity index (χ3v) is 5.38. The highest BCUT2D eigenvalue weighted by Crippen LogP contribution is 2.21. The Morgan fingerprint density at radius 1 is 0.467 bits per heavy atom. The van der Waals surface area contributed by atoms with Crippen molar-refractivity contribution in [3.63, 3.8) is 0 Å². The fourth-order valence-electron chi connectivity index (χ4n) is 3.90. The molecule has 30 heavy (non-hydrogen) atoms. The summed E-state index contributed by atoms with van der Waals surface area (Å²) in [5.74, 6) is 0. The van der Waals surface area contributed by atoms with Crippen molar-refractivity contribution in [2.24, 2.45) is 0 Å². The van der Waals surface area contributed by atoms with Gasteiger partial charge in [0, 0.05) is 11.4 Å². The summed E-state index contributed by atoms with van der Waals surface area (Å²) >= 11 is 0. The van der Waals surface area contributed by atoms with E-state index in [0.29, 0.717) is 0 Å². The lowest BCUT2D eigenvalue weighted by atomic mass is 10.0. The molecule has 0 unspecified atom stereocenters. The van der Waals surface area contributed by atoms with Gasteiger partial charge in [-0.05, 0) is 86.1 Å². The van der Waals surface area contributed by atoms with Crippen LogP contribution < -0.4 is 0 Å². The highest BCUT2D eigenvalue weighted by molar-refractivity contribution is 5.57. The highest BCUT2D eigenvalue weighted by Gasteiger charge is 2.08. The van der Waals surface area contributed by atoms with Gasteiger partial charge in [0.05, 0.1) is 11.4 Å². The molecule has 0 radical (unpaired) electrons. The number of nitrogens with zero attached hydrogens (tertiary/aromatic N) is 2. The van der Waals surface area contributed by atoms with E-state index in [9.17, 15) is 0 Å². The van der Waals surface area contributed by atoms with E-state index in [0.717, 1.165) is 48.5 Å². The zero-order valence-electron chi connectivity index (χ0n) is 17.8. The van der Waals surface area contributed by atoms with Gasteiger partial charge in [0.1, 0.15) is 0 Å². The molecule has 2 heteroatoms.